The molecule has 1 heterocycles. The lowest BCUT2D eigenvalue weighted by molar-refractivity contribution is -0.242. The molecule has 1 aliphatic heterocycles. The number of carbonyl (C=O) groups excluding carboxylic acids is 1. The minimum Gasteiger partial charge on any atom is -0.462 e. The molecule has 2 unspecified atom stereocenters. The van der Waals surface area contributed by atoms with Gasteiger partial charge in [0.2, 0.25) is 0 Å². The van der Waals surface area contributed by atoms with Gasteiger partial charge in [0, 0.05) is 19.8 Å². The van der Waals surface area contributed by atoms with Crippen LogP contribution in [0.1, 0.15) is 19.8 Å². The van der Waals surface area contributed by atoms with Gasteiger partial charge in [-0.15, -0.1) is 0 Å². The lowest BCUT2D eigenvalue weighted by Gasteiger charge is -2.30. The molecule has 0 aromatic heterocycles. The van der Waals surface area contributed by atoms with E-state index in [-0.39, 0.29) is 13.0 Å². The largest absolute Gasteiger partial charge is 0.462 e. The molecule has 1 saturated heterocycles. The zero-order chi connectivity index (χ0) is 10.8. The highest BCUT2D eigenvalue weighted by atomic mass is 19.4. The summed E-state index contributed by atoms with van der Waals surface area (Å²) in [5.74, 6) is -0.558. The SMILES string of the molecule is CC(=O)OC1CCOC(C(F)(F)F)C1. The van der Waals surface area contributed by atoms with E-state index in [1.165, 1.54) is 6.92 Å². The summed E-state index contributed by atoms with van der Waals surface area (Å²) in [4.78, 5) is 10.5. The second kappa shape index (κ2) is 4.16. The Kier molecular flexibility index (Phi) is 3.36. The molecule has 0 amide bonds. The Hall–Kier alpha value is -0.780. The first-order chi connectivity index (χ1) is 6.39. The monoisotopic (exact) mass is 212 g/mol. The highest BCUT2D eigenvalue weighted by Gasteiger charge is 2.44. The summed E-state index contributed by atoms with van der Waals surface area (Å²) in [6.07, 6.45) is -6.83. The standard InChI is InChI=1S/C8H11F3O3/c1-5(12)14-6-2-3-13-7(4-6)8(9,10)11/h6-7H,2-4H2,1H3. The second-order valence-electron chi connectivity index (χ2n) is 3.16. The minimum absolute atomic E-state index is 0.0257. The maximum Gasteiger partial charge on any atom is 0.414 e. The molecule has 1 fully saturated rings. The summed E-state index contributed by atoms with van der Waals surface area (Å²) in [5.41, 5.74) is 0. The fourth-order valence-electron chi connectivity index (χ4n) is 1.34. The lowest BCUT2D eigenvalue weighted by atomic mass is 10.1. The van der Waals surface area contributed by atoms with Crippen LogP contribution in [0.2, 0.25) is 0 Å². The van der Waals surface area contributed by atoms with Gasteiger partial charge in [0.25, 0.3) is 0 Å². The van der Waals surface area contributed by atoms with Gasteiger partial charge in [-0.25, -0.2) is 0 Å². The molecular weight excluding hydrogens is 201 g/mol. The van der Waals surface area contributed by atoms with E-state index in [0.29, 0.717) is 6.42 Å². The summed E-state index contributed by atoms with van der Waals surface area (Å²) in [7, 11) is 0. The van der Waals surface area contributed by atoms with E-state index in [4.69, 9.17) is 4.74 Å². The van der Waals surface area contributed by atoms with Crippen molar-refractivity contribution in [2.24, 2.45) is 0 Å². The number of esters is 1. The maximum atomic E-state index is 12.2. The summed E-state index contributed by atoms with van der Waals surface area (Å²) in [5, 5.41) is 0. The van der Waals surface area contributed by atoms with Crippen molar-refractivity contribution < 1.29 is 27.4 Å². The molecule has 0 spiro atoms. The molecular formula is C8H11F3O3. The van der Waals surface area contributed by atoms with Crippen LogP contribution in [-0.2, 0) is 14.3 Å². The van der Waals surface area contributed by atoms with Gasteiger partial charge in [0.1, 0.15) is 6.10 Å². The van der Waals surface area contributed by atoms with Gasteiger partial charge in [-0.3, -0.25) is 4.79 Å². The van der Waals surface area contributed by atoms with Crippen LogP contribution in [0.25, 0.3) is 0 Å². The van der Waals surface area contributed by atoms with Gasteiger partial charge < -0.3 is 9.47 Å². The smallest absolute Gasteiger partial charge is 0.414 e. The van der Waals surface area contributed by atoms with E-state index in [9.17, 15) is 18.0 Å². The van der Waals surface area contributed by atoms with Crippen LogP contribution in [0.3, 0.4) is 0 Å². The van der Waals surface area contributed by atoms with Gasteiger partial charge in [-0.1, -0.05) is 0 Å². The molecule has 0 saturated carbocycles. The molecule has 0 N–H and O–H groups in total. The fraction of sp³-hybridized carbons (Fsp3) is 0.875. The van der Waals surface area contributed by atoms with Crippen molar-refractivity contribution in [1.82, 2.24) is 0 Å². The van der Waals surface area contributed by atoms with Crippen LogP contribution >= 0.6 is 0 Å². The third-order valence-corrected chi connectivity index (χ3v) is 1.93. The van der Waals surface area contributed by atoms with Crippen LogP contribution in [0, 0.1) is 0 Å². The van der Waals surface area contributed by atoms with Crippen LogP contribution in [0.15, 0.2) is 0 Å². The summed E-state index contributed by atoms with van der Waals surface area (Å²) >= 11 is 0. The van der Waals surface area contributed by atoms with Gasteiger partial charge in [-0.2, -0.15) is 13.2 Å². The zero-order valence-corrected chi connectivity index (χ0v) is 7.63. The Morgan fingerprint density at radius 2 is 2.14 bits per heavy atom. The van der Waals surface area contributed by atoms with Gasteiger partial charge in [-0.05, 0) is 0 Å². The average Bonchev–Trinajstić information content (AvgIpc) is 2.01. The number of ether oxygens (including phenoxy) is 2. The third-order valence-electron chi connectivity index (χ3n) is 1.93. The average molecular weight is 212 g/mol. The highest BCUT2D eigenvalue weighted by Crippen LogP contribution is 2.30. The summed E-state index contributed by atoms with van der Waals surface area (Å²) in [6, 6.07) is 0. The summed E-state index contributed by atoms with van der Waals surface area (Å²) in [6.45, 7) is 1.15. The first kappa shape index (κ1) is 11.3. The Morgan fingerprint density at radius 1 is 1.50 bits per heavy atom. The number of hydrogen-bond acceptors (Lipinski definition) is 3. The van der Waals surface area contributed by atoms with Gasteiger partial charge in [0.05, 0.1) is 6.61 Å². The molecule has 82 valence electrons. The van der Waals surface area contributed by atoms with Gasteiger partial charge >= 0.3 is 12.1 Å². The van der Waals surface area contributed by atoms with Gasteiger partial charge in [0.15, 0.2) is 6.10 Å². The molecule has 2 atom stereocenters. The molecule has 0 aromatic rings. The van der Waals surface area contributed by atoms with Crippen LogP contribution in [0.4, 0.5) is 13.2 Å². The molecule has 3 nitrogen and oxygen atoms in total. The third kappa shape index (κ3) is 3.17. The summed E-state index contributed by atoms with van der Waals surface area (Å²) < 4.78 is 45.8. The topological polar surface area (TPSA) is 35.5 Å². The molecule has 0 radical (unpaired) electrons. The van der Waals surface area contributed by atoms with Crippen LogP contribution < -0.4 is 0 Å². The molecule has 14 heavy (non-hydrogen) atoms. The Bertz CT molecular complexity index is 214. The van der Waals surface area contributed by atoms with Crippen LogP contribution in [0.5, 0.6) is 0 Å². The van der Waals surface area contributed by atoms with Crippen molar-refractivity contribution in [3.05, 3.63) is 0 Å². The predicted octanol–water partition coefficient (Wildman–Crippen LogP) is 1.66. The van der Waals surface area contributed by atoms with E-state index < -0.39 is 24.4 Å². The van der Waals surface area contributed by atoms with Crippen LogP contribution in [-0.4, -0.2) is 31.0 Å². The number of alkyl halides is 3. The van der Waals surface area contributed by atoms with Crippen molar-refractivity contribution in [1.29, 1.82) is 0 Å². The fourth-order valence-corrected chi connectivity index (χ4v) is 1.34. The molecule has 1 rings (SSSR count). The predicted molar refractivity (Wildman–Crippen MR) is 40.6 cm³/mol. The molecule has 0 aliphatic carbocycles. The van der Waals surface area contributed by atoms with E-state index in [1.54, 1.807) is 0 Å². The number of rotatable bonds is 1. The molecule has 0 aromatic carbocycles. The normalized spacial score (nSPS) is 28.6. The van der Waals surface area contributed by atoms with Crippen molar-refractivity contribution in [2.75, 3.05) is 6.61 Å². The van der Waals surface area contributed by atoms with E-state index in [0.717, 1.165) is 0 Å². The quantitative estimate of drug-likeness (QED) is 0.620. The number of halogens is 3. The second-order valence-corrected chi connectivity index (χ2v) is 3.16. The minimum atomic E-state index is -4.38. The van der Waals surface area contributed by atoms with E-state index in [2.05, 4.69) is 4.74 Å². The number of hydrogen-bond donors (Lipinski definition) is 0. The van der Waals surface area contributed by atoms with Crippen molar-refractivity contribution >= 4 is 5.97 Å². The molecule has 6 heteroatoms. The van der Waals surface area contributed by atoms with Crippen molar-refractivity contribution in [2.45, 2.75) is 38.1 Å². The molecule has 1 aliphatic rings. The first-order valence-corrected chi connectivity index (χ1v) is 4.25. The zero-order valence-electron chi connectivity index (χ0n) is 7.63. The first-order valence-electron chi connectivity index (χ1n) is 4.25. The Morgan fingerprint density at radius 3 is 2.64 bits per heavy atom. The van der Waals surface area contributed by atoms with E-state index >= 15 is 0 Å². The maximum absolute atomic E-state index is 12.2. The number of carbonyl (C=O) groups is 1. The van der Waals surface area contributed by atoms with Crippen molar-refractivity contribution in [3.8, 4) is 0 Å². The van der Waals surface area contributed by atoms with E-state index in [1.807, 2.05) is 0 Å². The lowest BCUT2D eigenvalue weighted by Crippen LogP contribution is -2.40. The van der Waals surface area contributed by atoms with Crippen molar-refractivity contribution in [3.63, 3.8) is 0 Å². The molecule has 0 bridgehead atoms. The highest BCUT2D eigenvalue weighted by molar-refractivity contribution is 5.66. The Balaban J connectivity index is 2.48. The Labute approximate surface area is 79.2 Å².